The average Bonchev–Trinajstić information content (AvgIpc) is 2.80. The summed E-state index contributed by atoms with van der Waals surface area (Å²) in [5.41, 5.74) is -0.589. The van der Waals surface area contributed by atoms with Crippen molar-refractivity contribution in [1.29, 1.82) is 0 Å². The number of nitrogens with one attached hydrogen (secondary N) is 1. The average molecular weight is 314 g/mol. The molecule has 22 heavy (non-hydrogen) atoms. The van der Waals surface area contributed by atoms with Gasteiger partial charge in [0.2, 0.25) is 0 Å². The molecule has 0 bridgehead atoms. The highest BCUT2D eigenvalue weighted by Crippen LogP contribution is 2.35. The summed E-state index contributed by atoms with van der Waals surface area (Å²) in [5, 5.41) is 9.41. The van der Waals surface area contributed by atoms with Crippen molar-refractivity contribution in [2.45, 2.75) is 32.3 Å². The van der Waals surface area contributed by atoms with Gasteiger partial charge >= 0.3 is 5.69 Å². The van der Waals surface area contributed by atoms with Crippen LogP contribution in [-0.4, -0.2) is 53.8 Å². The largest absolute Gasteiger partial charge is 0.394 e. The van der Waals surface area contributed by atoms with Crippen molar-refractivity contribution in [3.63, 3.8) is 0 Å². The lowest BCUT2D eigenvalue weighted by molar-refractivity contribution is -0.0794. The smallest absolute Gasteiger partial charge is 0.330 e. The lowest BCUT2D eigenvalue weighted by Crippen LogP contribution is -2.38. The monoisotopic (exact) mass is 314 g/mol. The van der Waals surface area contributed by atoms with Crippen LogP contribution in [0.25, 0.3) is 0 Å². The fraction of sp³-hybridized carbons (Fsp3) is 0.714. The Labute approximate surface area is 127 Å². The predicted octanol–water partition coefficient (Wildman–Crippen LogP) is -0.598. The van der Waals surface area contributed by atoms with Crippen molar-refractivity contribution in [3.05, 3.63) is 32.6 Å². The minimum Gasteiger partial charge on any atom is -0.394 e. The standard InChI is InChI=1S/C14H22N2O6/c1-8-6-16(14(19)15-12(8)18)13-11(21-5-4-20-3)9(2)10(7-17)22-13/h6,9-11,13,17H,4-5,7H2,1-3H3,(H,15,18,19)/t9-,10+,11?,13+/m0/s1. The zero-order valence-corrected chi connectivity index (χ0v) is 12.9. The topological polar surface area (TPSA) is 103 Å². The third-order valence-electron chi connectivity index (χ3n) is 3.90. The maximum Gasteiger partial charge on any atom is 0.330 e. The van der Waals surface area contributed by atoms with Crippen LogP contribution in [0.1, 0.15) is 18.7 Å². The van der Waals surface area contributed by atoms with Crippen LogP contribution in [0.2, 0.25) is 0 Å². The maximum absolute atomic E-state index is 12.0. The minimum absolute atomic E-state index is 0.106. The van der Waals surface area contributed by atoms with Crippen LogP contribution >= 0.6 is 0 Å². The minimum atomic E-state index is -0.702. The molecule has 0 radical (unpaired) electrons. The Morgan fingerprint density at radius 3 is 2.77 bits per heavy atom. The van der Waals surface area contributed by atoms with E-state index in [1.807, 2.05) is 6.92 Å². The van der Waals surface area contributed by atoms with Gasteiger partial charge in [0.05, 0.1) is 25.9 Å². The molecule has 0 aliphatic carbocycles. The van der Waals surface area contributed by atoms with Gasteiger partial charge in [-0.25, -0.2) is 4.79 Å². The molecule has 2 N–H and O–H groups in total. The SMILES string of the molecule is COCCOC1[C@@H](C)[C@@H](CO)O[C@H]1n1cc(C)c(=O)[nH]c1=O. The molecule has 1 saturated heterocycles. The van der Waals surface area contributed by atoms with Crippen LogP contribution in [0.4, 0.5) is 0 Å². The number of aliphatic hydroxyl groups excluding tert-OH is 1. The van der Waals surface area contributed by atoms with E-state index in [1.165, 1.54) is 10.8 Å². The van der Waals surface area contributed by atoms with Crippen molar-refractivity contribution in [3.8, 4) is 0 Å². The lowest BCUT2D eigenvalue weighted by atomic mass is 10.0. The molecule has 8 nitrogen and oxygen atoms in total. The zero-order chi connectivity index (χ0) is 16.3. The van der Waals surface area contributed by atoms with E-state index >= 15 is 0 Å². The highest BCUT2D eigenvalue weighted by Gasteiger charge is 2.43. The van der Waals surface area contributed by atoms with E-state index in [9.17, 15) is 14.7 Å². The molecule has 2 heterocycles. The molecule has 4 atom stereocenters. The summed E-state index contributed by atoms with van der Waals surface area (Å²) in [5.74, 6) is -0.106. The van der Waals surface area contributed by atoms with Gasteiger partial charge in [-0.2, -0.15) is 0 Å². The second kappa shape index (κ2) is 7.19. The summed E-state index contributed by atoms with van der Waals surface area (Å²) >= 11 is 0. The van der Waals surface area contributed by atoms with Gasteiger partial charge in [0.1, 0.15) is 6.10 Å². The lowest BCUT2D eigenvalue weighted by Gasteiger charge is -2.23. The number of aliphatic hydroxyl groups is 1. The predicted molar refractivity (Wildman–Crippen MR) is 77.8 cm³/mol. The summed E-state index contributed by atoms with van der Waals surface area (Å²) in [4.78, 5) is 25.8. The van der Waals surface area contributed by atoms with Crippen LogP contribution in [-0.2, 0) is 14.2 Å². The van der Waals surface area contributed by atoms with Gasteiger partial charge < -0.3 is 19.3 Å². The molecule has 0 spiro atoms. The summed E-state index contributed by atoms with van der Waals surface area (Å²) in [6.07, 6.45) is -0.107. The number of hydrogen-bond donors (Lipinski definition) is 2. The first-order chi connectivity index (χ1) is 10.5. The Balaban J connectivity index is 2.31. The summed E-state index contributed by atoms with van der Waals surface area (Å²) in [6, 6.07) is 0. The first-order valence-electron chi connectivity index (χ1n) is 7.18. The van der Waals surface area contributed by atoms with E-state index in [0.717, 1.165) is 0 Å². The molecule has 1 fully saturated rings. The third kappa shape index (κ3) is 3.30. The van der Waals surface area contributed by atoms with Crippen molar-refractivity contribution in [2.24, 2.45) is 5.92 Å². The van der Waals surface area contributed by atoms with Crippen LogP contribution in [0, 0.1) is 12.8 Å². The molecule has 1 aliphatic rings. The molecule has 0 saturated carbocycles. The highest BCUT2D eigenvalue weighted by molar-refractivity contribution is 5.03. The van der Waals surface area contributed by atoms with E-state index in [0.29, 0.717) is 18.8 Å². The quantitative estimate of drug-likeness (QED) is 0.680. The van der Waals surface area contributed by atoms with Gasteiger partial charge in [-0.15, -0.1) is 0 Å². The van der Waals surface area contributed by atoms with Gasteiger partial charge in [0.25, 0.3) is 5.56 Å². The van der Waals surface area contributed by atoms with E-state index in [1.54, 1.807) is 14.0 Å². The Hall–Kier alpha value is -1.48. The second-order valence-electron chi connectivity index (χ2n) is 5.41. The van der Waals surface area contributed by atoms with Gasteiger partial charge in [0.15, 0.2) is 6.23 Å². The molecule has 1 aromatic rings. The summed E-state index contributed by atoms with van der Waals surface area (Å²) in [6.45, 7) is 4.10. The Bertz CT molecular complexity index is 610. The molecule has 1 unspecified atom stereocenters. The first kappa shape index (κ1) is 16.9. The molecular weight excluding hydrogens is 292 g/mol. The Morgan fingerprint density at radius 1 is 1.41 bits per heavy atom. The number of ether oxygens (including phenoxy) is 3. The van der Waals surface area contributed by atoms with E-state index < -0.39 is 29.7 Å². The third-order valence-corrected chi connectivity index (χ3v) is 3.90. The van der Waals surface area contributed by atoms with E-state index in [2.05, 4.69) is 4.98 Å². The summed E-state index contributed by atoms with van der Waals surface area (Å²) in [7, 11) is 1.57. The van der Waals surface area contributed by atoms with Crippen LogP contribution < -0.4 is 11.2 Å². The van der Waals surface area contributed by atoms with Crippen LogP contribution in [0.3, 0.4) is 0 Å². The Morgan fingerprint density at radius 2 is 2.14 bits per heavy atom. The number of aryl methyl sites for hydroxylation is 1. The molecule has 0 amide bonds. The molecular formula is C14H22N2O6. The fourth-order valence-electron chi connectivity index (χ4n) is 2.56. The van der Waals surface area contributed by atoms with E-state index in [-0.39, 0.29) is 12.5 Å². The van der Waals surface area contributed by atoms with Crippen molar-refractivity contribution in [2.75, 3.05) is 26.9 Å². The van der Waals surface area contributed by atoms with Gasteiger partial charge in [-0.05, 0) is 6.92 Å². The first-order valence-corrected chi connectivity index (χ1v) is 7.18. The molecule has 1 aromatic heterocycles. The summed E-state index contributed by atoms with van der Waals surface area (Å²) < 4.78 is 17.8. The van der Waals surface area contributed by atoms with Crippen LogP contribution in [0.15, 0.2) is 15.8 Å². The van der Waals surface area contributed by atoms with Crippen molar-refractivity contribution >= 4 is 0 Å². The van der Waals surface area contributed by atoms with Crippen molar-refractivity contribution in [1.82, 2.24) is 9.55 Å². The van der Waals surface area contributed by atoms with Gasteiger partial charge in [-0.3, -0.25) is 14.3 Å². The molecule has 1 aliphatic heterocycles. The van der Waals surface area contributed by atoms with E-state index in [4.69, 9.17) is 14.2 Å². The number of aromatic amines is 1. The highest BCUT2D eigenvalue weighted by atomic mass is 16.6. The number of hydrogen-bond acceptors (Lipinski definition) is 6. The Kier molecular flexibility index (Phi) is 5.52. The van der Waals surface area contributed by atoms with Crippen molar-refractivity contribution < 1.29 is 19.3 Å². The van der Waals surface area contributed by atoms with Crippen LogP contribution in [0.5, 0.6) is 0 Å². The molecule has 8 heteroatoms. The molecule has 2 rings (SSSR count). The van der Waals surface area contributed by atoms with Gasteiger partial charge in [0, 0.05) is 24.8 Å². The number of nitrogens with zero attached hydrogens (tertiary/aromatic N) is 1. The van der Waals surface area contributed by atoms with Gasteiger partial charge in [-0.1, -0.05) is 6.92 Å². The number of rotatable bonds is 6. The maximum atomic E-state index is 12.0. The number of H-pyrrole nitrogens is 1. The number of methoxy groups -OCH3 is 1. The molecule has 0 aromatic carbocycles. The fourth-order valence-corrected chi connectivity index (χ4v) is 2.56. The number of aromatic nitrogens is 2. The molecule has 124 valence electrons. The normalized spacial score (nSPS) is 28.2. The zero-order valence-electron chi connectivity index (χ0n) is 12.9. The second-order valence-corrected chi connectivity index (χ2v) is 5.41.